The summed E-state index contributed by atoms with van der Waals surface area (Å²) in [6.45, 7) is 3.90. The van der Waals surface area contributed by atoms with Crippen LogP contribution in [0.2, 0.25) is 0 Å². The zero-order chi connectivity index (χ0) is 21.5. The van der Waals surface area contributed by atoms with Gasteiger partial charge in [-0.05, 0) is 55.7 Å². The Morgan fingerprint density at radius 3 is 2.77 bits per heavy atom. The fraction of sp³-hybridized carbons (Fsp3) is 0.320. The Hall–Kier alpha value is -3.41. The first kappa shape index (κ1) is 20.8. The molecule has 4 rings (SSSR count). The molecule has 0 aliphatic carbocycles. The number of ether oxygens (including phenoxy) is 1. The van der Waals surface area contributed by atoms with Crippen molar-refractivity contribution < 1.29 is 9.53 Å². The van der Waals surface area contributed by atoms with Gasteiger partial charge in [0.2, 0.25) is 5.91 Å². The molecule has 1 aliphatic rings. The van der Waals surface area contributed by atoms with Gasteiger partial charge in [0.1, 0.15) is 17.4 Å². The number of pyridine rings is 2. The molecule has 1 unspecified atom stereocenters. The van der Waals surface area contributed by atoms with Crippen molar-refractivity contribution in [2.45, 2.75) is 32.1 Å². The zero-order valence-electron chi connectivity index (χ0n) is 17.8. The largest absolute Gasteiger partial charge is 0.493 e. The predicted molar refractivity (Wildman–Crippen MR) is 122 cm³/mol. The molecule has 1 aromatic carbocycles. The molecule has 2 aromatic heterocycles. The van der Waals surface area contributed by atoms with Crippen LogP contribution >= 0.6 is 0 Å². The van der Waals surface area contributed by atoms with Crippen LogP contribution < -0.4 is 10.1 Å². The van der Waals surface area contributed by atoms with E-state index < -0.39 is 0 Å². The molecular formula is C25H28N4O2. The van der Waals surface area contributed by atoms with E-state index in [-0.39, 0.29) is 11.8 Å². The summed E-state index contributed by atoms with van der Waals surface area (Å²) >= 11 is 0. The van der Waals surface area contributed by atoms with Crippen LogP contribution in [0.25, 0.3) is 0 Å². The fourth-order valence-electron chi connectivity index (χ4n) is 3.89. The Bertz CT molecular complexity index is 1010. The van der Waals surface area contributed by atoms with Gasteiger partial charge in [-0.25, -0.2) is 9.97 Å². The van der Waals surface area contributed by atoms with Crippen LogP contribution in [0.5, 0.6) is 5.75 Å². The molecule has 3 aromatic rings. The second-order valence-electron chi connectivity index (χ2n) is 7.83. The number of hydrogen-bond acceptors (Lipinski definition) is 5. The topological polar surface area (TPSA) is 67.3 Å². The summed E-state index contributed by atoms with van der Waals surface area (Å²) in [5, 5.41) is 3.25. The molecule has 0 spiro atoms. The Balaban J connectivity index is 1.33. The summed E-state index contributed by atoms with van der Waals surface area (Å²) in [7, 11) is 0. The Morgan fingerprint density at radius 2 is 1.94 bits per heavy atom. The zero-order valence-corrected chi connectivity index (χ0v) is 17.8. The molecule has 1 amide bonds. The third-order valence-corrected chi connectivity index (χ3v) is 5.55. The minimum absolute atomic E-state index is 0.140. The summed E-state index contributed by atoms with van der Waals surface area (Å²) in [5.74, 6) is 2.75. The molecule has 1 saturated heterocycles. The van der Waals surface area contributed by atoms with Gasteiger partial charge in [-0.3, -0.25) is 4.79 Å². The van der Waals surface area contributed by atoms with Gasteiger partial charge in [-0.2, -0.15) is 0 Å². The summed E-state index contributed by atoms with van der Waals surface area (Å²) in [4.78, 5) is 23.8. The molecule has 0 bridgehead atoms. The molecule has 1 aliphatic heterocycles. The molecule has 1 fully saturated rings. The van der Waals surface area contributed by atoms with Gasteiger partial charge in [0, 0.05) is 30.9 Å². The number of aryl methyl sites for hydroxylation is 1. The van der Waals surface area contributed by atoms with E-state index in [0.29, 0.717) is 19.6 Å². The van der Waals surface area contributed by atoms with E-state index in [1.54, 1.807) is 6.20 Å². The summed E-state index contributed by atoms with van der Waals surface area (Å²) in [5.41, 5.74) is 2.09. The monoisotopic (exact) mass is 416 g/mol. The predicted octanol–water partition coefficient (Wildman–Crippen LogP) is 4.70. The van der Waals surface area contributed by atoms with Crippen molar-refractivity contribution in [3.63, 3.8) is 0 Å². The highest BCUT2D eigenvalue weighted by Crippen LogP contribution is 2.27. The van der Waals surface area contributed by atoms with Gasteiger partial charge in [-0.15, -0.1) is 0 Å². The highest BCUT2D eigenvalue weighted by molar-refractivity contribution is 5.76. The van der Waals surface area contributed by atoms with E-state index in [2.05, 4.69) is 10.3 Å². The second kappa shape index (κ2) is 10.1. The van der Waals surface area contributed by atoms with Gasteiger partial charge in [-0.1, -0.05) is 30.3 Å². The smallest absolute Gasteiger partial charge is 0.226 e. The van der Waals surface area contributed by atoms with Crippen LogP contribution in [0.1, 0.15) is 36.4 Å². The normalized spacial score (nSPS) is 16.0. The average Bonchev–Trinajstić information content (AvgIpc) is 2.81. The lowest BCUT2D eigenvalue weighted by Crippen LogP contribution is -2.39. The maximum absolute atomic E-state index is 12.8. The van der Waals surface area contributed by atoms with Crippen LogP contribution in [0.15, 0.2) is 66.9 Å². The van der Waals surface area contributed by atoms with Crippen molar-refractivity contribution in [2.75, 3.05) is 25.0 Å². The number of amides is 1. The summed E-state index contributed by atoms with van der Waals surface area (Å²) in [6, 6.07) is 19.6. The maximum Gasteiger partial charge on any atom is 0.226 e. The standard InChI is InChI=1S/C25H28N4O2/c1-19-8-2-3-11-22(19)31-17-14-25(30)29-16-7-9-20(18-29)21-10-6-13-24(27-21)28-23-12-4-5-15-26-23/h2-6,8,10-13,15,20H,7,9,14,16-18H2,1H3,(H,26,27,28). The molecule has 3 heterocycles. The molecule has 1 N–H and O–H groups in total. The molecule has 0 saturated carbocycles. The van der Waals surface area contributed by atoms with Crippen LogP contribution in [0.4, 0.5) is 11.6 Å². The molecular weight excluding hydrogens is 388 g/mol. The first-order valence-electron chi connectivity index (χ1n) is 10.8. The molecule has 6 nitrogen and oxygen atoms in total. The Morgan fingerprint density at radius 1 is 1.10 bits per heavy atom. The lowest BCUT2D eigenvalue weighted by Gasteiger charge is -2.32. The number of hydrogen-bond donors (Lipinski definition) is 1. The third-order valence-electron chi connectivity index (χ3n) is 5.55. The first-order valence-corrected chi connectivity index (χ1v) is 10.8. The first-order chi connectivity index (χ1) is 15.2. The van der Waals surface area contributed by atoms with Gasteiger partial charge in [0.15, 0.2) is 0 Å². The van der Waals surface area contributed by atoms with E-state index >= 15 is 0 Å². The number of nitrogens with one attached hydrogen (secondary N) is 1. The van der Waals surface area contributed by atoms with E-state index in [4.69, 9.17) is 9.72 Å². The van der Waals surface area contributed by atoms with Crippen molar-refractivity contribution in [1.82, 2.24) is 14.9 Å². The number of carbonyl (C=O) groups excluding carboxylic acids is 1. The molecule has 31 heavy (non-hydrogen) atoms. The van der Waals surface area contributed by atoms with E-state index in [1.165, 1.54) is 0 Å². The van der Waals surface area contributed by atoms with Crippen molar-refractivity contribution in [2.24, 2.45) is 0 Å². The van der Waals surface area contributed by atoms with Crippen LogP contribution in [-0.2, 0) is 4.79 Å². The van der Waals surface area contributed by atoms with Gasteiger partial charge in [0.25, 0.3) is 0 Å². The SMILES string of the molecule is Cc1ccccc1OCCC(=O)N1CCCC(c2cccc(Nc3ccccn3)n2)C1. The number of carbonyl (C=O) groups is 1. The number of rotatable bonds is 7. The number of piperidine rings is 1. The van der Waals surface area contributed by atoms with E-state index in [9.17, 15) is 4.79 Å². The number of nitrogens with zero attached hydrogens (tertiary/aromatic N) is 3. The minimum Gasteiger partial charge on any atom is -0.493 e. The highest BCUT2D eigenvalue weighted by Gasteiger charge is 2.25. The molecule has 0 radical (unpaired) electrons. The van der Waals surface area contributed by atoms with E-state index in [0.717, 1.165) is 48.0 Å². The Labute approximate surface area is 183 Å². The number of aromatic nitrogens is 2. The summed E-state index contributed by atoms with van der Waals surface area (Å²) in [6.07, 6.45) is 4.15. The van der Waals surface area contributed by atoms with Crippen LogP contribution in [0.3, 0.4) is 0 Å². The fourth-order valence-corrected chi connectivity index (χ4v) is 3.89. The van der Waals surface area contributed by atoms with Crippen molar-refractivity contribution in [1.29, 1.82) is 0 Å². The molecule has 1 atom stereocenters. The number of anilines is 2. The van der Waals surface area contributed by atoms with E-state index in [1.807, 2.05) is 72.5 Å². The van der Waals surface area contributed by atoms with Gasteiger partial charge < -0.3 is 15.0 Å². The summed E-state index contributed by atoms with van der Waals surface area (Å²) < 4.78 is 5.81. The van der Waals surface area contributed by atoms with Crippen molar-refractivity contribution in [3.8, 4) is 5.75 Å². The van der Waals surface area contributed by atoms with Crippen LogP contribution in [-0.4, -0.2) is 40.5 Å². The van der Waals surface area contributed by atoms with Crippen molar-refractivity contribution >= 4 is 17.5 Å². The number of para-hydroxylation sites is 1. The van der Waals surface area contributed by atoms with Crippen LogP contribution in [0, 0.1) is 6.92 Å². The van der Waals surface area contributed by atoms with Crippen molar-refractivity contribution in [3.05, 3.63) is 78.1 Å². The third kappa shape index (κ3) is 5.60. The lowest BCUT2D eigenvalue weighted by atomic mass is 9.94. The molecule has 160 valence electrons. The number of likely N-dealkylation sites (tertiary alicyclic amines) is 1. The quantitative estimate of drug-likeness (QED) is 0.604. The van der Waals surface area contributed by atoms with Gasteiger partial charge in [0.05, 0.1) is 13.0 Å². The molecule has 6 heteroatoms. The number of benzene rings is 1. The highest BCUT2D eigenvalue weighted by atomic mass is 16.5. The lowest BCUT2D eigenvalue weighted by molar-refractivity contribution is -0.132. The average molecular weight is 417 g/mol. The Kier molecular flexibility index (Phi) is 6.77. The maximum atomic E-state index is 12.8. The second-order valence-corrected chi connectivity index (χ2v) is 7.83. The van der Waals surface area contributed by atoms with Gasteiger partial charge >= 0.3 is 0 Å². The minimum atomic E-state index is 0.140.